The molecule has 3 aromatic rings. The number of halogens is 1. The first kappa shape index (κ1) is 26.3. The summed E-state index contributed by atoms with van der Waals surface area (Å²) in [5, 5.41) is 8.21. The number of amides is 1. The zero-order valence-electron chi connectivity index (χ0n) is 23.0. The van der Waals surface area contributed by atoms with E-state index >= 15 is 0 Å². The predicted octanol–water partition coefficient (Wildman–Crippen LogP) is 3.17. The lowest BCUT2D eigenvalue weighted by atomic mass is 9.95. The van der Waals surface area contributed by atoms with Gasteiger partial charge in [0.1, 0.15) is 12.7 Å². The van der Waals surface area contributed by atoms with Gasteiger partial charge in [-0.1, -0.05) is 12.6 Å². The van der Waals surface area contributed by atoms with Gasteiger partial charge in [0.15, 0.2) is 17.7 Å². The number of ether oxygens (including phenoxy) is 3. The van der Waals surface area contributed by atoms with Crippen molar-refractivity contribution in [2.75, 3.05) is 51.3 Å². The van der Waals surface area contributed by atoms with Crippen molar-refractivity contribution in [2.45, 2.75) is 44.9 Å². The average Bonchev–Trinajstić information content (AvgIpc) is 3.59. The number of aryl methyl sites for hydroxylation is 1. The molecule has 12 heteroatoms. The van der Waals surface area contributed by atoms with E-state index in [0.717, 1.165) is 41.4 Å². The smallest absolute Gasteiger partial charge is 0.322 e. The van der Waals surface area contributed by atoms with Gasteiger partial charge in [0, 0.05) is 43.2 Å². The Hall–Kier alpha value is -3.93. The summed E-state index contributed by atoms with van der Waals surface area (Å²) in [6, 6.07) is 4.53. The summed E-state index contributed by atoms with van der Waals surface area (Å²) >= 11 is 0. The lowest BCUT2D eigenvalue weighted by Crippen LogP contribution is -2.49. The van der Waals surface area contributed by atoms with Crippen LogP contribution in [0.5, 0.6) is 17.6 Å². The zero-order chi connectivity index (χ0) is 28.0. The van der Waals surface area contributed by atoms with Gasteiger partial charge >= 0.3 is 6.01 Å². The van der Waals surface area contributed by atoms with Gasteiger partial charge in [-0.15, -0.1) is 0 Å². The van der Waals surface area contributed by atoms with E-state index in [1.165, 1.54) is 4.90 Å². The minimum Gasteiger partial charge on any atom is -0.478 e. The van der Waals surface area contributed by atoms with Gasteiger partial charge in [-0.2, -0.15) is 15.1 Å². The minimum atomic E-state index is -0.958. The molecule has 2 saturated heterocycles. The number of nitrogens with one attached hydrogen (secondary N) is 1. The highest BCUT2D eigenvalue weighted by molar-refractivity contribution is 5.90. The highest BCUT2D eigenvalue weighted by Gasteiger charge is 2.38. The fraction of sp³-hybridized carbons (Fsp3) is 0.500. The van der Waals surface area contributed by atoms with Crippen LogP contribution in [0.1, 0.15) is 37.0 Å². The van der Waals surface area contributed by atoms with Crippen molar-refractivity contribution in [2.24, 2.45) is 0 Å². The van der Waals surface area contributed by atoms with Crippen molar-refractivity contribution >= 4 is 22.6 Å². The van der Waals surface area contributed by atoms with Crippen LogP contribution in [-0.2, 0) is 4.79 Å². The van der Waals surface area contributed by atoms with Crippen molar-refractivity contribution < 1.29 is 23.4 Å². The van der Waals surface area contributed by atoms with Crippen LogP contribution in [0.3, 0.4) is 0 Å². The number of hydrogen-bond donors (Lipinski definition) is 1. The number of carbonyl (C=O) groups excluding carboxylic acids is 1. The normalized spacial score (nSPS) is 23.1. The molecule has 1 amide bonds. The Morgan fingerprint density at radius 3 is 2.73 bits per heavy atom. The molecule has 1 aromatic carbocycles. The highest BCUT2D eigenvalue weighted by atomic mass is 19.1. The van der Waals surface area contributed by atoms with Crippen LogP contribution in [0.25, 0.3) is 10.9 Å². The second-order valence-electron chi connectivity index (χ2n) is 10.7. The van der Waals surface area contributed by atoms with E-state index in [-0.39, 0.29) is 18.2 Å². The third kappa shape index (κ3) is 4.80. The number of carbonyl (C=O) groups is 1. The van der Waals surface area contributed by atoms with Gasteiger partial charge in [0.2, 0.25) is 5.75 Å². The van der Waals surface area contributed by atoms with Crippen molar-refractivity contribution in [1.29, 1.82) is 0 Å². The van der Waals surface area contributed by atoms with E-state index in [1.54, 1.807) is 6.20 Å². The number of anilines is 1. The fourth-order valence-corrected chi connectivity index (χ4v) is 5.80. The van der Waals surface area contributed by atoms with Gasteiger partial charge in [-0.05, 0) is 51.9 Å². The van der Waals surface area contributed by atoms with Crippen LogP contribution >= 0.6 is 0 Å². The topological polar surface area (TPSA) is 109 Å². The first-order chi connectivity index (χ1) is 19.3. The average molecular weight is 552 g/mol. The molecule has 40 heavy (non-hydrogen) atoms. The number of likely N-dealkylation sites (tertiary alicyclic amines) is 1. The highest BCUT2D eigenvalue weighted by Crippen LogP contribution is 2.46. The molecular weight excluding hydrogens is 517 g/mol. The Labute approximate surface area is 231 Å². The molecule has 1 N–H and O–H groups in total. The van der Waals surface area contributed by atoms with E-state index in [2.05, 4.69) is 33.7 Å². The van der Waals surface area contributed by atoms with E-state index in [4.69, 9.17) is 19.2 Å². The Bertz CT molecular complexity index is 1440. The van der Waals surface area contributed by atoms with Gasteiger partial charge < -0.3 is 28.9 Å². The number of piperazine rings is 1. The van der Waals surface area contributed by atoms with E-state index < -0.39 is 17.8 Å². The van der Waals surface area contributed by atoms with E-state index in [0.29, 0.717) is 50.2 Å². The predicted molar refractivity (Wildman–Crippen MR) is 147 cm³/mol. The summed E-state index contributed by atoms with van der Waals surface area (Å²) in [6.07, 6.45) is 3.19. The van der Waals surface area contributed by atoms with Crippen LogP contribution < -0.4 is 19.1 Å². The molecule has 3 atom stereocenters. The maximum atomic E-state index is 13.5. The molecule has 0 radical (unpaired) electrons. The monoisotopic (exact) mass is 551 g/mol. The van der Waals surface area contributed by atoms with Crippen molar-refractivity contribution in [3.63, 3.8) is 0 Å². The molecule has 3 aliphatic heterocycles. The van der Waals surface area contributed by atoms with Crippen LogP contribution in [-0.4, -0.2) is 94.4 Å². The summed E-state index contributed by atoms with van der Waals surface area (Å²) in [5.41, 5.74) is 2.96. The Balaban J connectivity index is 1.33. The number of fused-ring (bicyclic) bond motifs is 2. The Kier molecular flexibility index (Phi) is 6.95. The molecule has 6 rings (SSSR count). The second-order valence-corrected chi connectivity index (χ2v) is 10.7. The number of aromatic amines is 1. The molecule has 1 unspecified atom stereocenters. The fourth-order valence-electron chi connectivity index (χ4n) is 5.80. The van der Waals surface area contributed by atoms with Gasteiger partial charge in [0.05, 0.1) is 11.7 Å². The maximum absolute atomic E-state index is 13.5. The molecule has 0 aliphatic carbocycles. The number of nitrogens with zero attached hydrogens (tertiary/aromatic N) is 6. The third-order valence-electron chi connectivity index (χ3n) is 8.11. The summed E-state index contributed by atoms with van der Waals surface area (Å²) in [7, 11) is 2.09. The van der Waals surface area contributed by atoms with E-state index in [1.807, 2.05) is 30.9 Å². The summed E-state index contributed by atoms with van der Waals surface area (Å²) in [4.78, 5) is 27.2. The third-order valence-corrected chi connectivity index (χ3v) is 8.11. The van der Waals surface area contributed by atoms with E-state index in [9.17, 15) is 9.18 Å². The molecule has 5 heterocycles. The van der Waals surface area contributed by atoms with Crippen LogP contribution in [0.2, 0.25) is 0 Å². The first-order valence-electron chi connectivity index (χ1n) is 13.7. The molecule has 2 fully saturated rings. The molecule has 0 saturated carbocycles. The van der Waals surface area contributed by atoms with Crippen molar-refractivity contribution in [3.05, 3.63) is 41.9 Å². The quantitative estimate of drug-likeness (QED) is 0.462. The SMILES string of the molecule is C=C(F)C(=O)N1CCN(c2nc(OC[C@@H]3CCCN3C)nc3c2O[C@H](C)C(c2c(C)ccc4[nH]ncc24)O3)CC1. The first-order valence-corrected chi connectivity index (χ1v) is 13.7. The lowest BCUT2D eigenvalue weighted by Gasteiger charge is -2.38. The number of hydrogen-bond acceptors (Lipinski definition) is 9. The second kappa shape index (κ2) is 10.6. The van der Waals surface area contributed by atoms with Crippen molar-refractivity contribution in [1.82, 2.24) is 30.0 Å². The number of likely N-dealkylation sites (N-methyl/N-ethyl adjacent to an activating group) is 1. The molecule has 3 aliphatic rings. The Morgan fingerprint density at radius 2 is 2.00 bits per heavy atom. The molecular formula is C28H34FN7O4. The van der Waals surface area contributed by atoms with Gasteiger partial charge in [-0.25, -0.2) is 4.39 Å². The largest absolute Gasteiger partial charge is 0.478 e. The Morgan fingerprint density at radius 1 is 1.20 bits per heavy atom. The summed E-state index contributed by atoms with van der Waals surface area (Å²) < 4.78 is 32.7. The number of benzene rings is 1. The maximum Gasteiger partial charge on any atom is 0.322 e. The van der Waals surface area contributed by atoms with Crippen LogP contribution in [0.4, 0.5) is 10.2 Å². The molecule has 0 spiro atoms. The molecule has 2 aromatic heterocycles. The number of rotatable bonds is 6. The number of aromatic nitrogens is 4. The van der Waals surface area contributed by atoms with Crippen LogP contribution in [0, 0.1) is 6.92 Å². The lowest BCUT2D eigenvalue weighted by molar-refractivity contribution is -0.128. The summed E-state index contributed by atoms with van der Waals surface area (Å²) in [5.74, 6) is -0.373. The molecule has 212 valence electrons. The van der Waals surface area contributed by atoms with Gasteiger partial charge in [0.25, 0.3) is 11.8 Å². The standard InChI is InChI=1S/C28H34FN7O4/c1-16-7-8-21-20(14-30-33-21)22(16)23-18(3)39-24-25(35-10-12-36(13-11-35)27(37)17(2)29)31-28(32-26(24)40-23)38-15-19-6-5-9-34(19)4/h7-8,14,18-19,23H,2,5-6,9-13,15H2,1,3-4H3,(H,30,33)/t18-,19+,23?/m1/s1. The zero-order valence-corrected chi connectivity index (χ0v) is 23.0. The van der Waals surface area contributed by atoms with Gasteiger partial charge in [-0.3, -0.25) is 9.89 Å². The van der Waals surface area contributed by atoms with Crippen molar-refractivity contribution in [3.8, 4) is 17.6 Å². The minimum absolute atomic E-state index is 0.208. The molecule has 0 bridgehead atoms. The number of H-pyrrole nitrogens is 1. The summed E-state index contributed by atoms with van der Waals surface area (Å²) in [6.45, 7) is 10.2. The van der Waals surface area contributed by atoms with Crippen LogP contribution in [0.15, 0.2) is 30.7 Å². The molecule has 11 nitrogen and oxygen atoms in total.